The van der Waals surface area contributed by atoms with Crippen LogP contribution in [0.2, 0.25) is 0 Å². The van der Waals surface area contributed by atoms with E-state index in [-0.39, 0.29) is 43.5 Å². The van der Waals surface area contributed by atoms with Gasteiger partial charge in [-0.1, -0.05) is 135 Å². The van der Waals surface area contributed by atoms with E-state index in [4.69, 9.17) is 4.98 Å². The molecule has 3 heterocycles. The van der Waals surface area contributed by atoms with Gasteiger partial charge in [-0.25, -0.2) is 0 Å². The number of hydrogen-bond donors (Lipinski definition) is 1. The van der Waals surface area contributed by atoms with Crippen molar-refractivity contribution in [2.24, 2.45) is 11.8 Å². The predicted molar refractivity (Wildman–Crippen MR) is 244 cm³/mol. The molecule has 303 valence electrons. The Morgan fingerprint density at radius 3 is 1.97 bits per heavy atom. The van der Waals surface area contributed by atoms with E-state index in [1.165, 1.54) is 71.9 Å². The normalized spacial score (nSPS) is 12.4. The molecule has 0 fully saturated rings. The number of allylic oxidation sites excluding steroid dienone is 2. The van der Waals surface area contributed by atoms with Gasteiger partial charge in [0.25, 0.3) is 0 Å². The van der Waals surface area contributed by atoms with Crippen molar-refractivity contribution < 1.29 is 30.0 Å². The summed E-state index contributed by atoms with van der Waals surface area (Å²) in [6.45, 7) is 22.1. The second kappa shape index (κ2) is 17.7. The minimum Gasteiger partial charge on any atom is -0.512 e. The molecule has 5 heteroatoms. The molecule has 0 unspecified atom stereocenters. The molecule has 0 aliphatic carbocycles. The van der Waals surface area contributed by atoms with Crippen molar-refractivity contribution in [2.75, 3.05) is 0 Å². The number of pyridine rings is 2. The maximum Gasteiger partial charge on any atom is 0.162 e. The first-order chi connectivity index (χ1) is 27.4. The maximum absolute atomic E-state index is 11.7. The number of carbonyl (C=O) groups is 1. The molecule has 58 heavy (non-hydrogen) atoms. The van der Waals surface area contributed by atoms with E-state index in [9.17, 15) is 9.90 Å². The van der Waals surface area contributed by atoms with Gasteiger partial charge in [0.05, 0.1) is 11.3 Å². The summed E-state index contributed by atoms with van der Waals surface area (Å²) in [6, 6.07) is 33.2. The minimum absolute atomic E-state index is 0. The van der Waals surface area contributed by atoms with Gasteiger partial charge in [0, 0.05) is 66.0 Å². The van der Waals surface area contributed by atoms with Gasteiger partial charge in [-0.3, -0.25) is 9.78 Å². The third kappa shape index (κ3) is 7.57. The van der Waals surface area contributed by atoms with Crippen molar-refractivity contribution in [3.63, 3.8) is 0 Å². The fourth-order valence-electron chi connectivity index (χ4n) is 9.02. The Bertz CT molecular complexity index is 2730. The Labute approximate surface area is 358 Å². The number of benzene rings is 5. The van der Waals surface area contributed by atoms with Crippen molar-refractivity contribution in [3.8, 4) is 11.1 Å². The number of aliphatic hydroxyl groups is 1. The van der Waals surface area contributed by atoms with Gasteiger partial charge in [-0.15, -0.1) is 17.5 Å². The molecular weight excluding hydrogens is 889 g/mol. The molecule has 0 aliphatic heterocycles. The first-order valence-corrected chi connectivity index (χ1v) is 21.4. The summed E-state index contributed by atoms with van der Waals surface area (Å²) in [7, 11) is 0. The molecule has 0 saturated heterocycles. The number of nitrogens with zero attached hydrogens (tertiary/aromatic N) is 2. The molecule has 3 aromatic heterocycles. The Balaban J connectivity index is 0.000000305. The SMILES string of the molecule is CC(C)c1cc(C(C)C)c(-c2cc3ccnc4c5[c-]c6ccccc6cc5n5c6ccccc6c2c5c34)c(C(C)C)c1.CCC(CC)C(=O)/C=C(\O)C(CC)CC.[Ir]. The van der Waals surface area contributed by atoms with Gasteiger partial charge < -0.3 is 9.51 Å². The van der Waals surface area contributed by atoms with Crippen LogP contribution in [0, 0.1) is 17.9 Å². The summed E-state index contributed by atoms with van der Waals surface area (Å²) >= 11 is 0. The van der Waals surface area contributed by atoms with Gasteiger partial charge in [0.1, 0.15) is 0 Å². The molecule has 0 saturated carbocycles. The van der Waals surface area contributed by atoms with E-state index < -0.39 is 0 Å². The number of fused-ring (bicyclic) bond motifs is 7. The number of carbonyl (C=O) groups excluding carboxylic acids is 1. The number of ketones is 1. The smallest absolute Gasteiger partial charge is 0.162 e. The van der Waals surface area contributed by atoms with Crippen LogP contribution < -0.4 is 0 Å². The summed E-state index contributed by atoms with van der Waals surface area (Å²) in [6.07, 6.45) is 6.89. The molecule has 4 nitrogen and oxygen atoms in total. The van der Waals surface area contributed by atoms with Crippen LogP contribution in [0.15, 0.2) is 96.9 Å². The summed E-state index contributed by atoms with van der Waals surface area (Å²) in [5.41, 5.74) is 11.7. The van der Waals surface area contributed by atoms with Gasteiger partial charge in [0.2, 0.25) is 0 Å². The summed E-state index contributed by atoms with van der Waals surface area (Å²) in [5.74, 6) is 1.83. The minimum atomic E-state index is 0. The molecule has 0 atom stereocenters. The first kappa shape index (κ1) is 43.0. The molecule has 0 bridgehead atoms. The van der Waals surface area contributed by atoms with Crippen LogP contribution in [-0.4, -0.2) is 20.3 Å². The third-order valence-corrected chi connectivity index (χ3v) is 12.4. The van der Waals surface area contributed by atoms with Crippen molar-refractivity contribution in [1.29, 1.82) is 0 Å². The molecule has 0 aliphatic rings. The standard InChI is InChI=1S/C40H35N2.C13H24O2.Ir/c1-22(2)28-19-30(23(3)4)37(31(20-28)24(5)6)33-18-27-15-16-41-39-32-17-25-11-7-8-12-26(25)21-35(32)42-34-14-10-9-13-29(34)38(33)40(42)36(27)39;1-5-10(6-2)12(14)9-13(15)11(7-3)8-4;/h7-16,18-24H,1-6H3;9-11,14H,5-8H2,1-4H3;/q-1;;/b;12-9-;. The predicted octanol–water partition coefficient (Wildman–Crippen LogP) is 15.2. The van der Waals surface area contributed by atoms with E-state index in [0.29, 0.717) is 17.8 Å². The van der Waals surface area contributed by atoms with Gasteiger partial charge >= 0.3 is 0 Å². The van der Waals surface area contributed by atoms with E-state index in [2.05, 4.69) is 131 Å². The van der Waals surface area contributed by atoms with Crippen molar-refractivity contribution in [1.82, 2.24) is 9.38 Å². The molecule has 1 radical (unpaired) electrons. The summed E-state index contributed by atoms with van der Waals surface area (Å²) in [4.78, 5) is 16.7. The van der Waals surface area contributed by atoms with Crippen LogP contribution in [-0.2, 0) is 24.9 Å². The van der Waals surface area contributed by atoms with Crippen molar-refractivity contribution in [3.05, 3.63) is 120 Å². The van der Waals surface area contributed by atoms with Gasteiger partial charge in [0.15, 0.2) is 5.78 Å². The molecule has 0 spiro atoms. The zero-order valence-electron chi connectivity index (χ0n) is 36.0. The number of aromatic nitrogens is 2. The van der Waals surface area contributed by atoms with Crippen molar-refractivity contribution in [2.45, 2.75) is 113 Å². The third-order valence-electron chi connectivity index (χ3n) is 12.4. The van der Waals surface area contributed by atoms with Crippen LogP contribution in [0.4, 0.5) is 0 Å². The summed E-state index contributed by atoms with van der Waals surface area (Å²) < 4.78 is 2.50. The maximum atomic E-state index is 11.7. The Kier molecular flexibility index (Phi) is 13.2. The van der Waals surface area contributed by atoms with E-state index in [1.807, 2.05) is 33.9 Å². The zero-order chi connectivity index (χ0) is 40.7. The Morgan fingerprint density at radius 1 is 0.724 bits per heavy atom. The Morgan fingerprint density at radius 2 is 1.34 bits per heavy atom. The molecule has 8 rings (SSSR count). The topological polar surface area (TPSA) is 54.6 Å². The first-order valence-electron chi connectivity index (χ1n) is 21.4. The van der Waals surface area contributed by atoms with Crippen molar-refractivity contribution >= 4 is 65.6 Å². The van der Waals surface area contributed by atoms with Crippen LogP contribution in [0.1, 0.15) is 129 Å². The second-order valence-corrected chi connectivity index (χ2v) is 16.9. The average Bonchev–Trinajstić information content (AvgIpc) is 3.56. The quantitative estimate of drug-likeness (QED) is 0.0462. The molecule has 5 aromatic carbocycles. The van der Waals surface area contributed by atoms with Crippen LogP contribution in [0.3, 0.4) is 0 Å². The Hall–Kier alpha value is -4.57. The molecule has 1 N–H and O–H groups in total. The number of rotatable bonds is 11. The van der Waals surface area contributed by atoms with E-state index in [1.54, 1.807) is 0 Å². The summed E-state index contributed by atoms with van der Waals surface area (Å²) in [5, 5.41) is 18.2. The number of hydrogen-bond acceptors (Lipinski definition) is 3. The van der Waals surface area contributed by atoms with Gasteiger partial charge in [-0.05, 0) is 106 Å². The monoisotopic (exact) mass is 948 g/mol. The van der Waals surface area contributed by atoms with E-state index >= 15 is 0 Å². The molecular formula is C53H59IrN2O2-. The molecule has 8 aromatic rings. The molecule has 0 amide bonds. The fraction of sp³-hybridized carbons (Fsp3) is 0.358. The van der Waals surface area contributed by atoms with E-state index in [0.717, 1.165) is 47.5 Å². The number of aliphatic hydroxyl groups excluding tert-OH is 1. The fourth-order valence-corrected chi connectivity index (χ4v) is 9.02. The number of para-hydroxylation sites is 1. The second-order valence-electron chi connectivity index (χ2n) is 16.9. The van der Waals surface area contributed by atoms with Crippen LogP contribution in [0.5, 0.6) is 0 Å². The van der Waals surface area contributed by atoms with Crippen LogP contribution >= 0.6 is 0 Å². The van der Waals surface area contributed by atoms with Gasteiger partial charge in [-0.2, -0.15) is 0 Å². The zero-order valence-corrected chi connectivity index (χ0v) is 38.4. The average molecular weight is 948 g/mol. The van der Waals surface area contributed by atoms with Crippen LogP contribution in [0.25, 0.3) is 70.9 Å². The largest absolute Gasteiger partial charge is 0.512 e.